The molecule has 2 amide bonds. The number of esters is 2. The molecule has 86 heavy (non-hydrogen) atoms. The molecule has 38 heteroatoms. The predicted octanol–water partition coefficient (Wildman–Crippen LogP) is 5.69. The van der Waals surface area contributed by atoms with Gasteiger partial charge in [-0.05, 0) is 135 Å². The number of alkyl carbamates (subject to hydrolysis) is 2. The standard InChI is InChI=1S/C19H33NO8S3.C14H25NO6S3.C12H23N3O6S3.C2H4O2.CH2Cl2/c1-6-9-29-16(22)25-12-14(27-18(24)30-10-7-2)13-26-17(23)31-11-8-20-15(21)28-19(3,4)5;16-12(3-1-6-22)19-9-11(21-14(18)15-5-8-24)10-20-13(17)4-2-7-23;13-1-4-22-10(16)19-7-9(21-12(18)24-6-3-15)8-20-11(17)23-5-2-14;1-2(3)4;2-1-3/h14H,6-13H2,1-5H3,(H,20,21);11,22-24H,1-10H2,(H,15,18);9H,1-8,13-15H2;1H3,(H,3,4);1H2/p+2. The highest BCUT2D eigenvalue weighted by Gasteiger charge is 2.23. The lowest BCUT2D eigenvalue weighted by Crippen LogP contribution is -2.51. The summed E-state index contributed by atoms with van der Waals surface area (Å²) in [5.74, 6) is 2.77. The van der Waals surface area contributed by atoms with Gasteiger partial charge in [0.25, 0.3) is 0 Å². The van der Waals surface area contributed by atoms with Crippen molar-refractivity contribution in [2.45, 2.75) is 104 Å². The third-order valence-corrected chi connectivity index (χ3v) is 13.6. The molecule has 0 aliphatic rings. The van der Waals surface area contributed by atoms with E-state index in [1.54, 1.807) is 20.8 Å². The summed E-state index contributed by atoms with van der Waals surface area (Å²) in [6.45, 7) is 11.3. The van der Waals surface area contributed by atoms with Crippen LogP contribution in [0.4, 0.5) is 38.4 Å². The number of rotatable bonds is 36. The van der Waals surface area contributed by atoms with Gasteiger partial charge in [-0.3, -0.25) is 9.59 Å². The van der Waals surface area contributed by atoms with E-state index in [4.69, 9.17) is 80.5 Å². The maximum Gasteiger partial charge on any atom is 0.407 e. The number of carboxylic acid groups (broad SMARTS) is 1. The number of thiol groups is 3. The van der Waals surface area contributed by atoms with Crippen LogP contribution in [0.25, 0.3) is 0 Å². The zero-order valence-corrected chi connectivity index (χ0v) is 58.6. The van der Waals surface area contributed by atoms with Crippen LogP contribution >= 0.6 is 132 Å². The van der Waals surface area contributed by atoms with Gasteiger partial charge in [0.15, 0.2) is 18.3 Å². The van der Waals surface area contributed by atoms with E-state index in [0.717, 1.165) is 90.3 Å². The molecule has 0 aromatic heterocycles. The van der Waals surface area contributed by atoms with Gasteiger partial charge < -0.3 is 85.1 Å². The molecule has 0 radical (unpaired) electrons. The molecule has 0 bridgehead atoms. The number of carbonyl (C=O) groups is 11. The van der Waals surface area contributed by atoms with E-state index in [1.165, 1.54) is 0 Å². The number of alkyl halides is 2. The Labute approximate surface area is 556 Å². The van der Waals surface area contributed by atoms with E-state index >= 15 is 0 Å². The number of carboxylic acids is 1. The largest absolute Gasteiger partial charge is 0.550 e. The molecule has 0 aliphatic heterocycles. The molecule has 0 aromatic carbocycles. The number of halogens is 2. The van der Waals surface area contributed by atoms with Crippen molar-refractivity contribution in [2.24, 2.45) is 0 Å². The van der Waals surface area contributed by atoms with E-state index in [1.807, 2.05) is 13.8 Å². The molecule has 0 spiro atoms. The zero-order valence-electron chi connectivity index (χ0n) is 49.5. The third kappa shape index (κ3) is 75.6. The molecule has 0 aliphatic carbocycles. The molecule has 0 saturated carbocycles. The number of thioether (sulfide) groups is 6. The van der Waals surface area contributed by atoms with Gasteiger partial charge in [0, 0.05) is 54.9 Å². The van der Waals surface area contributed by atoms with Gasteiger partial charge >= 0.3 is 55.9 Å². The van der Waals surface area contributed by atoms with Crippen LogP contribution in [-0.2, 0) is 61.8 Å². The maximum atomic E-state index is 11.9. The summed E-state index contributed by atoms with van der Waals surface area (Å²) in [5.41, 5.74) is 10.3. The Morgan fingerprint density at radius 3 is 1.10 bits per heavy atom. The lowest BCUT2D eigenvalue weighted by atomic mass is 10.2. The highest BCUT2D eigenvalue weighted by molar-refractivity contribution is 8.14. The van der Waals surface area contributed by atoms with E-state index in [2.05, 4.69) is 65.7 Å². The second-order valence-corrected chi connectivity index (χ2v) is 24.9. The highest BCUT2D eigenvalue weighted by atomic mass is 35.5. The monoisotopic (exact) mass is 1450 g/mol. The molecular formula is C48H89Cl2N5O22S9+2. The van der Waals surface area contributed by atoms with Crippen molar-refractivity contribution in [1.29, 1.82) is 0 Å². The molecule has 1 unspecified atom stereocenters. The van der Waals surface area contributed by atoms with Crippen molar-refractivity contribution < 1.29 is 122 Å². The van der Waals surface area contributed by atoms with Crippen molar-refractivity contribution >= 4 is 194 Å². The van der Waals surface area contributed by atoms with Gasteiger partial charge in [0.1, 0.15) is 45.2 Å². The van der Waals surface area contributed by atoms with Crippen LogP contribution in [0.15, 0.2) is 0 Å². The van der Waals surface area contributed by atoms with Gasteiger partial charge in [-0.1, -0.05) is 13.8 Å². The minimum Gasteiger partial charge on any atom is -0.550 e. The first kappa shape index (κ1) is 92.1. The third-order valence-electron chi connectivity index (χ3n) is 7.60. The number of carbonyl (C=O) groups excluding carboxylic acids is 11. The molecule has 504 valence electrons. The molecule has 11 N–H and O–H groups in total. The first-order chi connectivity index (χ1) is 40.8. The number of hydrogen-bond donors (Lipinski definition) is 8. The van der Waals surface area contributed by atoms with Crippen LogP contribution in [0.3, 0.4) is 0 Å². The van der Waals surface area contributed by atoms with Crippen LogP contribution < -0.4 is 32.9 Å². The van der Waals surface area contributed by atoms with Crippen LogP contribution in [0.2, 0.25) is 0 Å². The lowest BCUT2D eigenvalue weighted by Gasteiger charge is -2.19. The van der Waals surface area contributed by atoms with Crippen molar-refractivity contribution in [3.05, 3.63) is 0 Å². The molecule has 0 heterocycles. The molecule has 0 aromatic rings. The number of ether oxygens (including phenoxy) is 10. The minimum absolute atomic E-state index is 0.174. The Hall–Kier alpha value is -2.62. The fraction of sp³-hybridized carbons (Fsp3) is 0.771. The average molecular weight is 1450 g/mol. The Morgan fingerprint density at radius 2 is 0.779 bits per heavy atom. The normalized spacial score (nSPS) is 10.6. The fourth-order valence-corrected chi connectivity index (χ4v) is 7.74. The average Bonchev–Trinajstić information content (AvgIpc) is 3.54. The van der Waals surface area contributed by atoms with Crippen LogP contribution in [0.5, 0.6) is 0 Å². The van der Waals surface area contributed by atoms with E-state index in [9.17, 15) is 47.9 Å². The van der Waals surface area contributed by atoms with Crippen molar-refractivity contribution in [1.82, 2.24) is 10.6 Å². The number of nitrogens with one attached hydrogen (secondary N) is 2. The van der Waals surface area contributed by atoms with Gasteiger partial charge in [0.2, 0.25) is 0 Å². The smallest absolute Gasteiger partial charge is 0.407 e. The minimum atomic E-state index is -1.08. The number of quaternary nitrogens is 3. The van der Waals surface area contributed by atoms with Crippen LogP contribution in [-0.4, -0.2) is 215 Å². The summed E-state index contributed by atoms with van der Waals surface area (Å²) >= 11 is 27.4. The van der Waals surface area contributed by atoms with E-state index in [-0.39, 0.29) is 70.1 Å². The summed E-state index contributed by atoms with van der Waals surface area (Å²) in [5, 5.41) is 11.0. The number of aliphatic carboxylic acids is 1. The van der Waals surface area contributed by atoms with E-state index in [0.29, 0.717) is 85.0 Å². The highest BCUT2D eigenvalue weighted by Crippen LogP contribution is 2.16. The molecule has 0 rings (SSSR count). The quantitative estimate of drug-likeness (QED) is 0.0123. The van der Waals surface area contributed by atoms with Crippen LogP contribution in [0.1, 0.15) is 80.1 Å². The number of amides is 2. The Kier molecular flexibility index (Phi) is 71.5. The molecule has 27 nitrogen and oxygen atoms in total. The van der Waals surface area contributed by atoms with Crippen LogP contribution in [0, 0.1) is 0 Å². The predicted molar refractivity (Wildman–Crippen MR) is 346 cm³/mol. The first-order valence-electron chi connectivity index (χ1n) is 26.4. The molecular weight excluding hydrogens is 1360 g/mol. The first-order valence-corrected chi connectivity index (χ1v) is 35.2. The van der Waals surface area contributed by atoms with Crippen molar-refractivity contribution in [3.8, 4) is 0 Å². The van der Waals surface area contributed by atoms with E-state index < -0.39 is 85.8 Å². The topological polar surface area (TPSA) is 410 Å². The summed E-state index contributed by atoms with van der Waals surface area (Å²) in [4.78, 5) is 125. The second-order valence-electron chi connectivity index (χ2n) is 16.6. The summed E-state index contributed by atoms with van der Waals surface area (Å²) in [7, 11) is 0. The SMILES string of the molecule is CC(=O)[O-].CCCSC(=O)OCC(COC(=O)SCCNC(=O)OC(C)(C)C)OC(=O)SCCC.ClCCl.O=C(CCCS)OCC(COC(=O)CCCS)OC(=O)NCCS.[NH3+]CCSC(=O)OCC(COC(=O)SCC[NH3+])OC(=O)SCC[NH3+]. The Bertz CT molecular complexity index is 1730. The summed E-state index contributed by atoms with van der Waals surface area (Å²) in [6, 6.07) is 0. The Morgan fingerprint density at radius 1 is 0.477 bits per heavy atom. The summed E-state index contributed by atoms with van der Waals surface area (Å²) < 4.78 is 50.9. The van der Waals surface area contributed by atoms with Gasteiger partial charge in [-0.25, -0.2) is 38.4 Å². The molecule has 0 saturated heterocycles. The molecule has 0 fully saturated rings. The maximum absolute atomic E-state index is 11.9. The zero-order chi connectivity index (χ0) is 66.4. The fourth-order valence-electron chi connectivity index (χ4n) is 4.25. The summed E-state index contributed by atoms with van der Waals surface area (Å²) in [6.07, 6.45) is -0.607. The van der Waals surface area contributed by atoms with Crippen molar-refractivity contribution in [2.75, 3.05) is 129 Å². The molecule has 1 atom stereocenters. The lowest BCUT2D eigenvalue weighted by molar-refractivity contribution is -0.360. The second kappa shape index (κ2) is 66.8. The van der Waals surface area contributed by atoms with Gasteiger partial charge in [-0.2, -0.15) is 37.9 Å². The van der Waals surface area contributed by atoms with Gasteiger partial charge in [0.05, 0.1) is 42.2 Å². The number of hydrogen-bond acceptors (Lipinski definition) is 31. The Balaban J connectivity index is -0.000000364. The van der Waals surface area contributed by atoms with Crippen molar-refractivity contribution in [3.63, 3.8) is 0 Å². The van der Waals surface area contributed by atoms with Gasteiger partial charge in [-0.15, -0.1) is 23.2 Å².